The summed E-state index contributed by atoms with van der Waals surface area (Å²) >= 11 is 5.92. The number of amides is 1. The minimum Gasteiger partial charge on any atom is -0.484 e. The molecule has 1 heterocycles. The maximum absolute atomic E-state index is 12.2. The van der Waals surface area contributed by atoms with E-state index in [-0.39, 0.29) is 18.6 Å². The van der Waals surface area contributed by atoms with Gasteiger partial charge in [0, 0.05) is 17.3 Å². The number of carbonyl (C=O) groups is 1. The highest BCUT2D eigenvalue weighted by atomic mass is 35.5. The van der Waals surface area contributed by atoms with E-state index in [1.54, 1.807) is 36.5 Å². The Labute approximate surface area is 169 Å². The highest BCUT2D eigenvalue weighted by Crippen LogP contribution is 2.22. The normalized spacial score (nSPS) is 11.5. The van der Waals surface area contributed by atoms with Gasteiger partial charge in [-0.2, -0.15) is 0 Å². The summed E-state index contributed by atoms with van der Waals surface area (Å²) in [4.78, 5) is 16.3. The Morgan fingerprint density at radius 1 is 1.04 bits per heavy atom. The summed E-state index contributed by atoms with van der Waals surface area (Å²) in [7, 11) is 0. The van der Waals surface area contributed by atoms with E-state index in [4.69, 9.17) is 21.1 Å². The van der Waals surface area contributed by atoms with Crippen molar-refractivity contribution in [1.29, 1.82) is 0 Å². The van der Waals surface area contributed by atoms with Gasteiger partial charge in [0.15, 0.2) is 6.61 Å². The maximum Gasteiger partial charge on any atom is 0.258 e. The second-order valence-corrected chi connectivity index (χ2v) is 6.55. The Kier molecular flexibility index (Phi) is 6.87. The van der Waals surface area contributed by atoms with Gasteiger partial charge in [0.2, 0.25) is 5.88 Å². The second-order valence-electron chi connectivity index (χ2n) is 6.11. The number of carbonyl (C=O) groups excluding carboxylic acids is 1. The van der Waals surface area contributed by atoms with Crippen LogP contribution in [-0.2, 0) is 4.79 Å². The molecule has 0 aliphatic heterocycles. The standard InChI is InChI=1S/C22H21ClN2O3/c1-2-20(16-6-8-17(23)9-7-16)25-21(26)15-27-18-10-12-19(13-11-18)28-22-5-3-4-14-24-22/h3-14,20H,2,15H2,1H3,(H,25,26)/t20-/m0/s1. The van der Waals surface area contributed by atoms with Crippen LogP contribution in [-0.4, -0.2) is 17.5 Å². The van der Waals surface area contributed by atoms with Crippen molar-refractivity contribution in [1.82, 2.24) is 10.3 Å². The van der Waals surface area contributed by atoms with E-state index in [9.17, 15) is 4.79 Å². The van der Waals surface area contributed by atoms with E-state index < -0.39 is 0 Å². The fourth-order valence-corrected chi connectivity index (χ4v) is 2.76. The van der Waals surface area contributed by atoms with Crippen molar-refractivity contribution >= 4 is 17.5 Å². The van der Waals surface area contributed by atoms with E-state index in [2.05, 4.69) is 10.3 Å². The lowest BCUT2D eigenvalue weighted by Gasteiger charge is -2.18. The molecule has 144 valence electrons. The number of ether oxygens (including phenoxy) is 2. The molecule has 0 fully saturated rings. The molecule has 0 aliphatic rings. The lowest BCUT2D eigenvalue weighted by atomic mass is 10.0. The first-order valence-corrected chi connectivity index (χ1v) is 9.38. The third-order valence-corrected chi connectivity index (χ3v) is 4.32. The Hall–Kier alpha value is -3.05. The van der Waals surface area contributed by atoms with Gasteiger partial charge < -0.3 is 14.8 Å². The molecule has 1 aromatic heterocycles. The molecule has 1 atom stereocenters. The van der Waals surface area contributed by atoms with Crippen LogP contribution in [0.2, 0.25) is 5.02 Å². The molecular formula is C22H21ClN2O3. The first kappa shape index (κ1) is 19.7. The van der Waals surface area contributed by atoms with Gasteiger partial charge in [0.05, 0.1) is 6.04 Å². The number of nitrogens with zero attached hydrogens (tertiary/aromatic N) is 1. The fraction of sp³-hybridized carbons (Fsp3) is 0.182. The van der Waals surface area contributed by atoms with Crippen molar-refractivity contribution in [2.75, 3.05) is 6.61 Å². The molecule has 0 spiro atoms. The van der Waals surface area contributed by atoms with Crippen LogP contribution in [0.25, 0.3) is 0 Å². The van der Waals surface area contributed by atoms with E-state index >= 15 is 0 Å². The zero-order valence-electron chi connectivity index (χ0n) is 15.5. The molecule has 0 saturated carbocycles. The van der Waals surface area contributed by atoms with Gasteiger partial charge in [-0.05, 0) is 54.4 Å². The van der Waals surface area contributed by atoms with Gasteiger partial charge >= 0.3 is 0 Å². The molecule has 0 bridgehead atoms. The van der Waals surface area contributed by atoms with E-state index in [1.165, 1.54) is 0 Å². The average molecular weight is 397 g/mol. The van der Waals surface area contributed by atoms with Gasteiger partial charge in [-0.3, -0.25) is 4.79 Å². The summed E-state index contributed by atoms with van der Waals surface area (Å²) in [6, 6.07) is 19.9. The van der Waals surface area contributed by atoms with Crippen molar-refractivity contribution in [3.8, 4) is 17.4 Å². The molecule has 0 unspecified atom stereocenters. The molecule has 3 rings (SSSR count). The summed E-state index contributed by atoms with van der Waals surface area (Å²) in [5.74, 6) is 1.56. The number of rotatable bonds is 8. The number of pyridine rings is 1. The van der Waals surface area contributed by atoms with Gasteiger partial charge in [-0.25, -0.2) is 4.98 Å². The Morgan fingerprint density at radius 2 is 1.75 bits per heavy atom. The number of halogens is 1. The van der Waals surface area contributed by atoms with Crippen molar-refractivity contribution in [3.05, 3.63) is 83.5 Å². The van der Waals surface area contributed by atoms with Crippen LogP contribution in [0.1, 0.15) is 24.9 Å². The smallest absolute Gasteiger partial charge is 0.258 e. The highest BCUT2D eigenvalue weighted by Gasteiger charge is 2.13. The lowest BCUT2D eigenvalue weighted by Crippen LogP contribution is -2.32. The van der Waals surface area contributed by atoms with Crippen LogP contribution in [0.5, 0.6) is 17.4 Å². The number of benzene rings is 2. The van der Waals surface area contributed by atoms with Gasteiger partial charge in [-0.15, -0.1) is 0 Å². The molecule has 1 amide bonds. The maximum atomic E-state index is 12.2. The Balaban J connectivity index is 1.50. The summed E-state index contributed by atoms with van der Waals surface area (Å²) in [6.07, 6.45) is 2.44. The van der Waals surface area contributed by atoms with Gasteiger partial charge in [0.25, 0.3) is 5.91 Å². The first-order valence-electron chi connectivity index (χ1n) is 9.00. The van der Waals surface area contributed by atoms with Gasteiger partial charge in [-0.1, -0.05) is 36.7 Å². The van der Waals surface area contributed by atoms with Crippen molar-refractivity contribution in [2.24, 2.45) is 0 Å². The highest BCUT2D eigenvalue weighted by molar-refractivity contribution is 6.30. The number of hydrogen-bond donors (Lipinski definition) is 1. The molecule has 0 aliphatic carbocycles. The Morgan fingerprint density at radius 3 is 2.39 bits per heavy atom. The summed E-state index contributed by atoms with van der Waals surface area (Å²) < 4.78 is 11.2. The Bertz CT molecular complexity index is 884. The minimum absolute atomic E-state index is 0.0649. The lowest BCUT2D eigenvalue weighted by molar-refractivity contribution is -0.123. The van der Waals surface area contributed by atoms with Crippen molar-refractivity contribution in [3.63, 3.8) is 0 Å². The molecule has 0 radical (unpaired) electrons. The van der Waals surface area contributed by atoms with Crippen molar-refractivity contribution in [2.45, 2.75) is 19.4 Å². The molecule has 6 heteroatoms. The molecule has 3 aromatic rings. The van der Waals surface area contributed by atoms with Crippen LogP contribution in [0, 0.1) is 0 Å². The van der Waals surface area contributed by atoms with Crippen molar-refractivity contribution < 1.29 is 14.3 Å². The third kappa shape index (κ3) is 5.72. The topological polar surface area (TPSA) is 60.5 Å². The minimum atomic E-state index is -0.185. The van der Waals surface area contributed by atoms with E-state index in [0.717, 1.165) is 12.0 Å². The second kappa shape index (κ2) is 9.76. The molecule has 0 saturated heterocycles. The molecule has 5 nitrogen and oxygen atoms in total. The first-order chi connectivity index (χ1) is 13.6. The monoisotopic (exact) mass is 396 g/mol. The van der Waals surface area contributed by atoms with Crippen LogP contribution in [0.3, 0.4) is 0 Å². The summed E-state index contributed by atoms with van der Waals surface area (Å²) in [5, 5.41) is 3.65. The summed E-state index contributed by atoms with van der Waals surface area (Å²) in [6.45, 7) is 1.95. The number of hydrogen-bond acceptors (Lipinski definition) is 4. The van der Waals surface area contributed by atoms with E-state index in [0.29, 0.717) is 22.4 Å². The third-order valence-electron chi connectivity index (χ3n) is 4.07. The largest absolute Gasteiger partial charge is 0.484 e. The molecule has 2 aromatic carbocycles. The average Bonchev–Trinajstić information content (AvgIpc) is 2.73. The summed E-state index contributed by atoms with van der Waals surface area (Å²) in [5.41, 5.74) is 1.01. The molecular weight excluding hydrogens is 376 g/mol. The SMILES string of the molecule is CC[C@H](NC(=O)COc1ccc(Oc2ccccn2)cc1)c1ccc(Cl)cc1. The predicted octanol–water partition coefficient (Wildman–Crippen LogP) is 5.17. The molecule has 1 N–H and O–H groups in total. The van der Waals surface area contributed by atoms with Crippen LogP contribution < -0.4 is 14.8 Å². The fourth-order valence-electron chi connectivity index (χ4n) is 2.63. The quantitative estimate of drug-likeness (QED) is 0.570. The number of nitrogens with one attached hydrogen (secondary N) is 1. The zero-order valence-corrected chi connectivity index (χ0v) is 16.2. The zero-order chi connectivity index (χ0) is 19.8. The van der Waals surface area contributed by atoms with Crippen LogP contribution in [0.4, 0.5) is 0 Å². The number of aromatic nitrogens is 1. The van der Waals surface area contributed by atoms with Crippen LogP contribution in [0.15, 0.2) is 72.9 Å². The molecule has 28 heavy (non-hydrogen) atoms. The predicted molar refractivity (Wildman–Crippen MR) is 109 cm³/mol. The van der Waals surface area contributed by atoms with Crippen LogP contribution >= 0.6 is 11.6 Å². The van der Waals surface area contributed by atoms with Gasteiger partial charge in [0.1, 0.15) is 11.5 Å². The van der Waals surface area contributed by atoms with E-state index in [1.807, 2.05) is 43.3 Å².